The Bertz CT molecular complexity index is 303. The third kappa shape index (κ3) is 5.73. The highest BCUT2D eigenvalue weighted by molar-refractivity contribution is 5.27. The molecule has 0 aliphatic rings. The lowest BCUT2D eigenvalue weighted by Crippen LogP contribution is -2.13. The lowest BCUT2D eigenvalue weighted by Gasteiger charge is -2.14. The van der Waals surface area contributed by atoms with Gasteiger partial charge in [0.1, 0.15) is 5.75 Å². The summed E-state index contributed by atoms with van der Waals surface area (Å²) in [4.78, 5) is 0. The molecule has 17 heavy (non-hydrogen) atoms. The summed E-state index contributed by atoms with van der Waals surface area (Å²) in [6.45, 7) is 7.43. The monoisotopic (exact) mass is 236 g/mol. The second kappa shape index (κ2) is 7.33. The van der Waals surface area contributed by atoms with Crippen LogP contribution in [0.25, 0.3) is 0 Å². The number of hydrogen-bond acceptors (Lipinski definition) is 2. The van der Waals surface area contributed by atoms with Gasteiger partial charge < -0.3 is 9.47 Å². The van der Waals surface area contributed by atoms with Gasteiger partial charge in [-0.3, -0.25) is 0 Å². The summed E-state index contributed by atoms with van der Waals surface area (Å²) in [5.74, 6) is 1.62. The Morgan fingerprint density at radius 2 is 1.71 bits per heavy atom. The molecule has 0 saturated carbocycles. The minimum absolute atomic E-state index is 0.280. The van der Waals surface area contributed by atoms with E-state index in [0.29, 0.717) is 5.92 Å². The van der Waals surface area contributed by atoms with E-state index in [1.165, 1.54) is 5.56 Å². The maximum Gasteiger partial charge on any atom is 0.118 e. The molecule has 0 aliphatic carbocycles. The van der Waals surface area contributed by atoms with Crippen LogP contribution in [0.5, 0.6) is 5.75 Å². The topological polar surface area (TPSA) is 18.5 Å². The maximum absolute atomic E-state index is 5.78. The van der Waals surface area contributed by atoms with Gasteiger partial charge in [0.05, 0.1) is 13.2 Å². The summed E-state index contributed by atoms with van der Waals surface area (Å²) in [5, 5.41) is 0. The Hall–Kier alpha value is -1.02. The normalized spacial score (nSPS) is 12.8. The highest BCUT2D eigenvalue weighted by atomic mass is 16.5. The van der Waals surface area contributed by atoms with Crippen molar-refractivity contribution in [3.05, 3.63) is 29.8 Å². The molecule has 0 aliphatic heterocycles. The first kappa shape index (κ1) is 14.0. The minimum Gasteiger partial charge on any atom is -0.497 e. The van der Waals surface area contributed by atoms with E-state index in [2.05, 4.69) is 32.9 Å². The molecule has 0 aromatic heterocycles. The average molecular weight is 236 g/mol. The zero-order chi connectivity index (χ0) is 12.7. The van der Waals surface area contributed by atoms with Crippen molar-refractivity contribution in [1.29, 1.82) is 0 Å². The van der Waals surface area contributed by atoms with Crippen LogP contribution in [0.15, 0.2) is 24.3 Å². The molecule has 1 aromatic carbocycles. The van der Waals surface area contributed by atoms with Crippen LogP contribution in [0, 0.1) is 5.92 Å². The van der Waals surface area contributed by atoms with Gasteiger partial charge in [-0.15, -0.1) is 0 Å². The quantitative estimate of drug-likeness (QED) is 0.719. The molecule has 0 radical (unpaired) electrons. The standard InChI is InChI=1S/C15H24O2/c1-12(2)9-10-17-13(3)11-14-5-7-15(16-4)8-6-14/h5-8,12-13H,9-11H2,1-4H3. The molecule has 0 amide bonds. The molecule has 1 aromatic rings. The van der Waals surface area contributed by atoms with E-state index < -0.39 is 0 Å². The first-order valence-corrected chi connectivity index (χ1v) is 6.36. The van der Waals surface area contributed by atoms with Gasteiger partial charge in [-0.25, -0.2) is 0 Å². The molecule has 96 valence electrons. The summed E-state index contributed by atoms with van der Waals surface area (Å²) in [6.07, 6.45) is 2.37. The average Bonchev–Trinajstić information content (AvgIpc) is 2.29. The van der Waals surface area contributed by atoms with E-state index in [1.807, 2.05) is 12.1 Å². The van der Waals surface area contributed by atoms with Gasteiger partial charge >= 0.3 is 0 Å². The van der Waals surface area contributed by atoms with Gasteiger partial charge in [0.15, 0.2) is 0 Å². The number of ether oxygens (including phenoxy) is 2. The van der Waals surface area contributed by atoms with Gasteiger partial charge in [-0.05, 0) is 43.4 Å². The Balaban J connectivity index is 2.31. The molecule has 2 heteroatoms. The zero-order valence-electron chi connectivity index (χ0n) is 11.4. The highest BCUT2D eigenvalue weighted by Gasteiger charge is 2.04. The summed E-state index contributed by atoms with van der Waals surface area (Å²) in [5.41, 5.74) is 1.29. The lowest BCUT2D eigenvalue weighted by molar-refractivity contribution is 0.0591. The van der Waals surface area contributed by atoms with E-state index in [0.717, 1.165) is 25.2 Å². The Morgan fingerprint density at radius 3 is 2.24 bits per heavy atom. The zero-order valence-corrected chi connectivity index (χ0v) is 11.4. The Kier molecular flexibility index (Phi) is 6.06. The third-order valence-electron chi connectivity index (χ3n) is 2.78. The molecular formula is C15H24O2. The molecule has 0 saturated heterocycles. The molecule has 0 N–H and O–H groups in total. The van der Waals surface area contributed by atoms with Crippen molar-refractivity contribution < 1.29 is 9.47 Å². The number of methoxy groups -OCH3 is 1. The maximum atomic E-state index is 5.78. The molecular weight excluding hydrogens is 212 g/mol. The van der Waals surface area contributed by atoms with E-state index in [1.54, 1.807) is 7.11 Å². The van der Waals surface area contributed by atoms with Crippen LogP contribution in [0.1, 0.15) is 32.8 Å². The Labute approximate surface area is 105 Å². The first-order chi connectivity index (χ1) is 8.11. The summed E-state index contributed by atoms with van der Waals surface area (Å²) < 4.78 is 10.9. The smallest absolute Gasteiger partial charge is 0.118 e. The fourth-order valence-corrected chi connectivity index (χ4v) is 1.66. The van der Waals surface area contributed by atoms with Crippen LogP contribution in [0.2, 0.25) is 0 Å². The van der Waals surface area contributed by atoms with Crippen LogP contribution < -0.4 is 4.74 Å². The lowest BCUT2D eigenvalue weighted by atomic mass is 10.1. The number of rotatable bonds is 7. The van der Waals surface area contributed by atoms with Crippen molar-refractivity contribution in [3.8, 4) is 5.75 Å². The van der Waals surface area contributed by atoms with E-state index in [-0.39, 0.29) is 6.10 Å². The predicted octanol–water partition coefficient (Wildman–Crippen LogP) is 3.69. The van der Waals surface area contributed by atoms with Crippen LogP contribution in [0.3, 0.4) is 0 Å². The third-order valence-corrected chi connectivity index (χ3v) is 2.78. The van der Waals surface area contributed by atoms with E-state index in [9.17, 15) is 0 Å². The molecule has 0 fully saturated rings. The molecule has 1 rings (SSSR count). The SMILES string of the molecule is COc1ccc(CC(C)OCCC(C)C)cc1. The van der Waals surface area contributed by atoms with Gasteiger partial charge in [-0.1, -0.05) is 26.0 Å². The summed E-state index contributed by atoms with van der Waals surface area (Å²) in [6, 6.07) is 8.19. The van der Waals surface area contributed by atoms with Crippen molar-refractivity contribution in [2.75, 3.05) is 13.7 Å². The predicted molar refractivity (Wildman–Crippen MR) is 71.6 cm³/mol. The Morgan fingerprint density at radius 1 is 1.06 bits per heavy atom. The van der Waals surface area contributed by atoms with E-state index >= 15 is 0 Å². The van der Waals surface area contributed by atoms with Gasteiger partial charge in [0.25, 0.3) is 0 Å². The molecule has 2 nitrogen and oxygen atoms in total. The van der Waals surface area contributed by atoms with Crippen molar-refractivity contribution in [1.82, 2.24) is 0 Å². The summed E-state index contributed by atoms with van der Waals surface area (Å²) >= 11 is 0. The minimum atomic E-state index is 0.280. The highest BCUT2D eigenvalue weighted by Crippen LogP contribution is 2.13. The molecule has 0 heterocycles. The fourth-order valence-electron chi connectivity index (χ4n) is 1.66. The van der Waals surface area contributed by atoms with Gasteiger partial charge in [0, 0.05) is 6.61 Å². The van der Waals surface area contributed by atoms with Crippen molar-refractivity contribution in [2.45, 2.75) is 39.7 Å². The molecule has 1 unspecified atom stereocenters. The summed E-state index contributed by atoms with van der Waals surface area (Å²) in [7, 11) is 1.69. The van der Waals surface area contributed by atoms with E-state index in [4.69, 9.17) is 9.47 Å². The van der Waals surface area contributed by atoms with Crippen molar-refractivity contribution in [3.63, 3.8) is 0 Å². The number of benzene rings is 1. The van der Waals surface area contributed by atoms with Crippen LogP contribution in [-0.4, -0.2) is 19.8 Å². The fraction of sp³-hybridized carbons (Fsp3) is 0.600. The van der Waals surface area contributed by atoms with Crippen LogP contribution in [-0.2, 0) is 11.2 Å². The molecule has 0 bridgehead atoms. The van der Waals surface area contributed by atoms with Crippen LogP contribution in [0.4, 0.5) is 0 Å². The van der Waals surface area contributed by atoms with Crippen molar-refractivity contribution in [2.24, 2.45) is 5.92 Å². The van der Waals surface area contributed by atoms with Crippen molar-refractivity contribution >= 4 is 0 Å². The largest absolute Gasteiger partial charge is 0.497 e. The second-order valence-electron chi connectivity index (χ2n) is 4.92. The van der Waals surface area contributed by atoms with Gasteiger partial charge in [0.2, 0.25) is 0 Å². The molecule has 0 spiro atoms. The second-order valence-corrected chi connectivity index (χ2v) is 4.92. The molecule has 1 atom stereocenters. The van der Waals surface area contributed by atoms with Gasteiger partial charge in [-0.2, -0.15) is 0 Å². The van der Waals surface area contributed by atoms with Crippen LogP contribution >= 0.6 is 0 Å². The first-order valence-electron chi connectivity index (χ1n) is 6.36. The number of hydrogen-bond donors (Lipinski definition) is 0.